The molecule has 6 heteroatoms. The maximum atomic E-state index is 9.66. The van der Waals surface area contributed by atoms with Gasteiger partial charge in [0.2, 0.25) is 0 Å². The zero-order chi connectivity index (χ0) is 21.5. The molecule has 0 radical (unpaired) electrons. The van der Waals surface area contributed by atoms with Gasteiger partial charge in [-0.25, -0.2) is 0 Å². The Hall–Kier alpha value is -1.63. The van der Waals surface area contributed by atoms with Crippen molar-refractivity contribution in [2.45, 2.75) is 82.6 Å². The summed E-state index contributed by atoms with van der Waals surface area (Å²) in [6.45, 7) is 6.19. The zero-order valence-corrected chi connectivity index (χ0v) is 19.2. The van der Waals surface area contributed by atoms with Crippen LogP contribution in [0.2, 0.25) is 0 Å². The quantitative estimate of drug-likeness (QED) is 0.481. The van der Waals surface area contributed by atoms with Crippen molar-refractivity contribution in [3.8, 4) is 0 Å². The van der Waals surface area contributed by atoms with Gasteiger partial charge in [-0.15, -0.1) is 0 Å². The van der Waals surface area contributed by atoms with E-state index in [-0.39, 0.29) is 6.10 Å². The van der Waals surface area contributed by atoms with Crippen LogP contribution in [0.1, 0.15) is 62.5 Å². The SMILES string of the molecule is CN=C(NCc1ccc(CN2CCC(O)CC2)cc1)NC1CCN(C2CCCC2)CC1. The first-order chi connectivity index (χ1) is 15.2. The second-order valence-corrected chi connectivity index (χ2v) is 9.64. The largest absolute Gasteiger partial charge is 0.393 e. The lowest BCUT2D eigenvalue weighted by atomic mass is 10.0. The minimum atomic E-state index is -0.104. The van der Waals surface area contributed by atoms with Gasteiger partial charge < -0.3 is 20.6 Å². The smallest absolute Gasteiger partial charge is 0.191 e. The van der Waals surface area contributed by atoms with E-state index in [2.05, 4.69) is 49.7 Å². The molecular formula is C25H41N5O. The number of aliphatic imine (C=N–C) groups is 1. The molecule has 0 bridgehead atoms. The molecule has 0 spiro atoms. The highest BCUT2D eigenvalue weighted by atomic mass is 16.3. The van der Waals surface area contributed by atoms with Gasteiger partial charge in [0.25, 0.3) is 0 Å². The standard InChI is InChI=1S/C25H41N5O/c1-26-25(28-22-10-16-30(17-11-22)23-4-2-3-5-23)27-18-20-6-8-21(9-7-20)19-29-14-12-24(31)13-15-29/h6-9,22-24,31H,2-5,10-19H2,1H3,(H2,26,27,28). The monoisotopic (exact) mass is 427 g/mol. The maximum absolute atomic E-state index is 9.66. The van der Waals surface area contributed by atoms with Crippen LogP contribution in [-0.2, 0) is 13.1 Å². The fraction of sp³-hybridized carbons (Fsp3) is 0.720. The lowest BCUT2D eigenvalue weighted by Gasteiger charge is -2.36. The molecule has 0 aromatic heterocycles. The van der Waals surface area contributed by atoms with E-state index in [0.29, 0.717) is 6.04 Å². The van der Waals surface area contributed by atoms with Gasteiger partial charge in [-0.05, 0) is 49.7 Å². The van der Waals surface area contributed by atoms with Crippen molar-refractivity contribution in [1.82, 2.24) is 20.4 Å². The van der Waals surface area contributed by atoms with Gasteiger partial charge in [0.05, 0.1) is 6.10 Å². The number of likely N-dealkylation sites (tertiary alicyclic amines) is 2. The van der Waals surface area contributed by atoms with Crippen molar-refractivity contribution in [2.75, 3.05) is 33.2 Å². The molecule has 1 aliphatic carbocycles. The van der Waals surface area contributed by atoms with Crippen molar-refractivity contribution in [1.29, 1.82) is 0 Å². The Morgan fingerprint density at radius 2 is 1.58 bits per heavy atom. The first-order valence-corrected chi connectivity index (χ1v) is 12.4. The predicted molar refractivity (Wildman–Crippen MR) is 127 cm³/mol. The van der Waals surface area contributed by atoms with Crippen molar-refractivity contribution >= 4 is 5.96 Å². The number of hydrogen-bond donors (Lipinski definition) is 3. The van der Waals surface area contributed by atoms with E-state index in [4.69, 9.17) is 0 Å². The van der Waals surface area contributed by atoms with E-state index < -0.39 is 0 Å². The first kappa shape index (κ1) is 22.6. The summed E-state index contributed by atoms with van der Waals surface area (Å²) in [5.74, 6) is 0.912. The molecule has 172 valence electrons. The van der Waals surface area contributed by atoms with Crippen molar-refractivity contribution in [3.63, 3.8) is 0 Å². The first-order valence-electron chi connectivity index (χ1n) is 12.4. The molecular weight excluding hydrogens is 386 g/mol. The van der Waals surface area contributed by atoms with E-state index in [1.807, 2.05) is 7.05 Å². The van der Waals surface area contributed by atoms with Crippen molar-refractivity contribution in [3.05, 3.63) is 35.4 Å². The van der Waals surface area contributed by atoms with Crippen molar-refractivity contribution < 1.29 is 5.11 Å². The summed E-state index contributed by atoms with van der Waals surface area (Å²) < 4.78 is 0. The molecule has 3 N–H and O–H groups in total. The highest BCUT2D eigenvalue weighted by molar-refractivity contribution is 5.79. The molecule has 3 fully saturated rings. The number of nitrogens with zero attached hydrogens (tertiary/aromatic N) is 3. The fourth-order valence-corrected chi connectivity index (χ4v) is 5.35. The number of rotatable bonds is 6. The summed E-state index contributed by atoms with van der Waals surface area (Å²) >= 11 is 0. The molecule has 3 aliphatic rings. The van der Waals surface area contributed by atoms with Crippen LogP contribution in [0.25, 0.3) is 0 Å². The van der Waals surface area contributed by atoms with Crippen LogP contribution in [0.4, 0.5) is 0 Å². The average molecular weight is 428 g/mol. The minimum Gasteiger partial charge on any atom is -0.393 e. The molecule has 4 rings (SSSR count). The Morgan fingerprint density at radius 3 is 2.23 bits per heavy atom. The van der Waals surface area contributed by atoms with Crippen LogP contribution in [0, 0.1) is 0 Å². The Bertz CT molecular complexity index is 684. The molecule has 2 saturated heterocycles. The van der Waals surface area contributed by atoms with Gasteiger partial charge in [0, 0.05) is 58.4 Å². The minimum absolute atomic E-state index is 0.104. The zero-order valence-electron chi connectivity index (χ0n) is 19.2. The van der Waals surface area contributed by atoms with Crippen LogP contribution >= 0.6 is 0 Å². The van der Waals surface area contributed by atoms with Gasteiger partial charge in [-0.2, -0.15) is 0 Å². The van der Waals surface area contributed by atoms with Crippen LogP contribution in [0.15, 0.2) is 29.3 Å². The Labute approximate surface area is 188 Å². The third-order valence-electron chi connectivity index (χ3n) is 7.38. The second kappa shape index (κ2) is 11.3. The molecule has 0 amide bonds. The lowest BCUT2D eigenvalue weighted by Crippen LogP contribution is -2.50. The molecule has 6 nitrogen and oxygen atoms in total. The van der Waals surface area contributed by atoms with E-state index in [9.17, 15) is 5.11 Å². The van der Waals surface area contributed by atoms with E-state index in [1.165, 1.54) is 62.7 Å². The molecule has 2 heterocycles. The fourth-order valence-electron chi connectivity index (χ4n) is 5.35. The highest BCUT2D eigenvalue weighted by Gasteiger charge is 2.27. The molecule has 2 aliphatic heterocycles. The molecule has 1 aromatic carbocycles. The number of guanidine groups is 1. The van der Waals surface area contributed by atoms with E-state index >= 15 is 0 Å². The van der Waals surface area contributed by atoms with E-state index in [0.717, 1.165) is 51.0 Å². The highest BCUT2D eigenvalue weighted by Crippen LogP contribution is 2.26. The summed E-state index contributed by atoms with van der Waals surface area (Å²) in [6, 6.07) is 10.3. The Morgan fingerprint density at radius 1 is 0.935 bits per heavy atom. The van der Waals surface area contributed by atoms with Gasteiger partial charge >= 0.3 is 0 Å². The topological polar surface area (TPSA) is 63.1 Å². The van der Waals surface area contributed by atoms with Gasteiger partial charge in [-0.1, -0.05) is 37.1 Å². The number of piperidine rings is 2. The molecule has 1 aromatic rings. The summed E-state index contributed by atoms with van der Waals surface area (Å²) in [5, 5.41) is 16.8. The molecule has 0 atom stereocenters. The van der Waals surface area contributed by atoms with Crippen LogP contribution in [0.3, 0.4) is 0 Å². The maximum Gasteiger partial charge on any atom is 0.191 e. The molecule has 31 heavy (non-hydrogen) atoms. The number of benzene rings is 1. The second-order valence-electron chi connectivity index (χ2n) is 9.64. The molecule has 1 saturated carbocycles. The predicted octanol–water partition coefficient (Wildman–Crippen LogP) is 2.72. The van der Waals surface area contributed by atoms with Gasteiger partial charge in [-0.3, -0.25) is 9.89 Å². The van der Waals surface area contributed by atoms with E-state index in [1.54, 1.807) is 0 Å². The average Bonchev–Trinajstić information content (AvgIpc) is 3.34. The summed E-state index contributed by atoms with van der Waals surface area (Å²) in [7, 11) is 1.86. The Balaban J connectivity index is 1.17. The van der Waals surface area contributed by atoms with Crippen molar-refractivity contribution in [2.24, 2.45) is 4.99 Å². The van der Waals surface area contributed by atoms with Gasteiger partial charge in [0.1, 0.15) is 0 Å². The number of hydrogen-bond acceptors (Lipinski definition) is 4. The number of aliphatic hydroxyl groups excluding tert-OH is 1. The summed E-state index contributed by atoms with van der Waals surface area (Å²) in [6.07, 6.45) is 9.75. The number of nitrogens with one attached hydrogen (secondary N) is 2. The normalized spacial score (nSPS) is 23.4. The summed E-state index contributed by atoms with van der Waals surface area (Å²) in [5.41, 5.74) is 2.62. The lowest BCUT2D eigenvalue weighted by molar-refractivity contribution is 0.0792. The van der Waals surface area contributed by atoms with Crippen LogP contribution in [0.5, 0.6) is 0 Å². The van der Waals surface area contributed by atoms with Crippen LogP contribution < -0.4 is 10.6 Å². The molecule has 0 unspecified atom stereocenters. The van der Waals surface area contributed by atoms with Crippen LogP contribution in [-0.4, -0.2) is 72.3 Å². The number of aliphatic hydroxyl groups is 1. The summed E-state index contributed by atoms with van der Waals surface area (Å²) in [4.78, 5) is 9.60. The third kappa shape index (κ3) is 6.67. The Kier molecular flexibility index (Phi) is 8.22. The van der Waals surface area contributed by atoms with Gasteiger partial charge in [0.15, 0.2) is 5.96 Å². The third-order valence-corrected chi connectivity index (χ3v) is 7.38.